The van der Waals surface area contributed by atoms with Gasteiger partial charge < -0.3 is 5.11 Å². The Labute approximate surface area is 145 Å². The van der Waals surface area contributed by atoms with Crippen molar-refractivity contribution in [2.45, 2.75) is 56.4 Å². The van der Waals surface area contributed by atoms with Crippen molar-refractivity contribution in [1.29, 1.82) is 0 Å². The summed E-state index contributed by atoms with van der Waals surface area (Å²) in [4.78, 5) is 0.345. The summed E-state index contributed by atoms with van der Waals surface area (Å²) >= 11 is 0. The van der Waals surface area contributed by atoms with Gasteiger partial charge in [0.2, 0.25) is 10.0 Å². The Kier molecular flexibility index (Phi) is 5.42. The van der Waals surface area contributed by atoms with Crippen LogP contribution in [0.5, 0.6) is 0 Å². The van der Waals surface area contributed by atoms with E-state index < -0.39 is 16.1 Å². The third kappa shape index (κ3) is 3.73. The average molecular weight is 349 g/mol. The summed E-state index contributed by atoms with van der Waals surface area (Å²) in [5.74, 6) is -0.0583. The molecule has 1 N–H and O–H groups in total. The summed E-state index contributed by atoms with van der Waals surface area (Å²) in [6.07, 6.45) is 7.89. The summed E-state index contributed by atoms with van der Waals surface area (Å²) in [6.45, 7) is 2.73. The number of aryl methyl sites for hydroxylation is 1. The molecule has 24 heavy (non-hydrogen) atoms. The van der Waals surface area contributed by atoms with Crippen LogP contribution < -0.4 is 0 Å². The number of aliphatic hydroxyl groups is 1. The van der Waals surface area contributed by atoms with E-state index in [-0.39, 0.29) is 5.92 Å². The lowest BCUT2D eigenvalue weighted by atomic mass is 9.86. The van der Waals surface area contributed by atoms with Gasteiger partial charge in [0.1, 0.15) is 0 Å². The second-order valence-electron chi connectivity index (χ2n) is 7.02. The maximum absolute atomic E-state index is 12.9. The van der Waals surface area contributed by atoms with Crippen LogP contribution in [-0.2, 0) is 10.0 Å². The molecule has 0 radical (unpaired) electrons. The fourth-order valence-electron chi connectivity index (χ4n) is 3.73. The van der Waals surface area contributed by atoms with E-state index in [9.17, 15) is 13.5 Å². The lowest BCUT2D eigenvalue weighted by Crippen LogP contribution is -2.46. The molecule has 4 nitrogen and oxygen atoms in total. The molecular formula is C19H27NO3S. The Morgan fingerprint density at radius 1 is 1.12 bits per heavy atom. The monoisotopic (exact) mass is 349 g/mol. The van der Waals surface area contributed by atoms with Gasteiger partial charge >= 0.3 is 0 Å². The zero-order chi connectivity index (χ0) is 17.2. The van der Waals surface area contributed by atoms with Gasteiger partial charge in [-0.3, -0.25) is 0 Å². The van der Waals surface area contributed by atoms with Crippen LogP contribution in [0.4, 0.5) is 0 Å². The van der Waals surface area contributed by atoms with Crippen LogP contribution in [-0.4, -0.2) is 37.0 Å². The number of hydrogen-bond donors (Lipinski definition) is 1. The molecule has 1 saturated heterocycles. The zero-order valence-corrected chi connectivity index (χ0v) is 15.1. The highest BCUT2D eigenvalue weighted by atomic mass is 32.2. The van der Waals surface area contributed by atoms with Crippen molar-refractivity contribution >= 4 is 10.0 Å². The Morgan fingerprint density at radius 3 is 2.62 bits per heavy atom. The number of hydrogen-bond acceptors (Lipinski definition) is 3. The third-order valence-electron chi connectivity index (χ3n) is 5.25. The second kappa shape index (κ2) is 7.38. The van der Waals surface area contributed by atoms with Crippen molar-refractivity contribution in [2.24, 2.45) is 5.92 Å². The molecule has 1 aromatic carbocycles. The van der Waals surface area contributed by atoms with Crippen molar-refractivity contribution in [3.63, 3.8) is 0 Å². The SMILES string of the molecule is Cc1ccc(S(=O)(=O)N2CC[C@H](O)[C@H](C3=CCCCCC3)C2)cc1. The number of sulfonamides is 1. The molecule has 1 heterocycles. The third-order valence-corrected chi connectivity index (χ3v) is 7.13. The van der Waals surface area contributed by atoms with Crippen LogP contribution in [0.3, 0.4) is 0 Å². The van der Waals surface area contributed by atoms with Crippen molar-refractivity contribution in [3.05, 3.63) is 41.5 Å². The largest absolute Gasteiger partial charge is 0.392 e. The van der Waals surface area contributed by atoms with E-state index in [0.717, 1.165) is 24.8 Å². The number of benzene rings is 1. The van der Waals surface area contributed by atoms with E-state index in [1.165, 1.54) is 18.4 Å². The lowest BCUT2D eigenvalue weighted by Gasteiger charge is -2.36. The molecule has 3 rings (SSSR count). The van der Waals surface area contributed by atoms with Crippen LogP contribution in [0, 0.1) is 12.8 Å². The molecule has 0 bridgehead atoms. The summed E-state index contributed by atoms with van der Waals surface area (Å²) in [6, 6.07) is 7.01. The Bertz CT molecular complexity index is 694. The first-order valence-electron chi connectivity index (χ1n) is 8.92. The maximum Gasteiger partial charge on any atom is 0.243 e. The van der Waals surface area contributed by atoms with Gasteiger partial charge in [-0.2, -0.15) is 4.31 Å². The van der Waals surface area contributed by atoms with Gasteiger partial charge in [-0.15, -0.1) is 0 Å². The Hall–Kier alpha value is -1.17. The molecule has 0 saturated carbocycles. The van der Waals surface area contributed by atoms with E-state index in [1.54, 1.807) is 16.4 Å². The van der Waals surface area contributed by atoms with Gasteiger partial charge in [0.25, 0.3) is 0 Å². The molecule has 1 aliphatic heterocycles. The summed E-state index contributed by atoms with van der Waals surface area (Å²) in [5.41, 5.74) is 2.30. The van der Waals surface area contributed by atoms with E-state index in [1.807, 2.05) is 19.1 Å². The van der Waals surface area contributed by atoms with Crippen LogP contribution in [0.1, 0.15) is 44.1 Å². The molecule has 5 heteroatoms. The second-order valence-corrected chi connectivity index (χ2v) is 8.95. The Balaban J connectivity index is 1.81. The molecule has 2 aliphatic rings. The number of nitrogens with zero attached hydrogens (tertiary/aromatic N) is 1. The average Bonchev–Trinajstić information content (AvgIpc) is 2.84. The first kappa shape index (κ1) is 17.6. The highest BCUT2D eigenvalue weighted by molar-refractivity contribution is 7.89. The zero-order valence-electron chi connectivity index (χ0n) is 14.3. The first-order valence-corrected chi connectivity index (χ1v) is 10.4. The number of allylic oxidation sites excluding steroid dienone is 1. The minimum absolute atomic E-state index is 0.0583. The van der Waals surface area contributed by atoms with Crippen LogP contribution >= 0.6 is 0 Å². The number of rotatable bonds is 3. The van der Waals surface area contributed by atoms with Crippen LogP contribution in [0.2, 0.25) is 0 Å². The molecule has 132 valence electrons. The number of piperidine rings is 1. The minimum atomic E-state index is -3.49. The molecule has 0 aromatic heterocycles. The molecule has 0 amide bonds. The topological polar surface area (TPSA) is 57.6 Å². The minimum Gasteiger partial charge on any atom is -0.392 e. The highest BCUT2D eigenvalue weighted by Gasteiger charge is 2.36. The molecule has 0 spiro atoms. The molecule has 1 fully saturated rings. The number of aliphatic hydroxyl groups excluding tert-OH is 1. The van der Waals surface area contributed by atoms with Gasteiger partial charge in [0.15, 0.2) is 0 Å². The van der Waals surface area contributed by atoms with Gasteiger partial charge in [0.05, 0.1) is 11.0 Å². The normalized spacial score (nSPS) is 26.7. The predicted molar refractivity (Wildman–Crippen MR) is 95.2 cm³/mol. The lowest BCUT2D eigenvalue weighted by molar-refractivity contribution is 0.0691. The quantitative estimate of drug-likeness (QED) is 0.852. The first-order chi connectivity index (χ1) is 11.5. The molecule has 1 aromatic rings. The van der Waals surface area contributed by atoms with E-state index in [4.69, 9.17) is 0 Å². The van der Waals surface area contributed by atoms with Crippen LogP contribution in [0.15, 0.2) is 40.8 Å². The highest BCUT2D eigenvalue weighted by Crippen LogP contribution is 2.32. The molecular weight excluding hydrogens is 322 g/mol. The molecule has 1 aliphatic carbocycles. The van der Waals surface area contributed by atoms with Gasteiger partial charge in [0, 0.05) is 19.0 Å². The van der Waals surface area contributed by atoms with Gasteiger partial charge in [-0.1, -0.05) is 35.8 Å². The molecule has 0 unspecified atom stereocenters. The summed E-state index contributed by atoms with van der Waals surface area (Å²) in [7, 11) is -3.49. The maximum atomic E-state index is 12.9. The van der Waals surface area contributed by atoms with Crippen molar-refractivity contribution in [3.8, 4) is 0 Å². The van der Waals surface area contributed by atoms with Gasteiger partial charge in [-0.25, -0.2) is 8.42 Å². The summed E-state index contributed by atoms with van der Waals surface area (Å²) < 4.78 is 27.4. The fraction of sp³-hybridized carbons (Fsp3) is 0.579. The standard InChI is InChI=1S/C19H27NO3S/c1-15-8-10-17(11-9-15)24(22,23)20-13-12-19(21)18(14-20)16-6-4-2-3-5-7-16/h6,8-11,18-19,21H,2-5,7,12-14H2,1H3/t18-,19-/m0/s1. The smallest absolute Gasteiger partial charge is 0.243 e. The van der Waals surface area contributed by atoms with Crippen LogP contribution in [0.25, 0.3) is 0 Å². The van der Waals surface area contributed by atoms with Crippen molar-refractivity contribution in [1.82, 2.24) is 4.31 Å². The molecule has 2 atom stereocenters. The van der Waals surface area contributed by atoms with Crippen molar-refractivity contribution < 1.29 is 13.5 Å². The Morgan fingerprint density at radius 2 is 1.88 bits per heavy atom. The predicted octanol–water partition coefficient (Wildman–Crippen LogP) is 3.26. The van der Waals surface area contributed by atoms with Crippen molar-refractivity contribution in [2.75, 3.05) is 13.1 Å². The van der Waals surface area contributed by atoms with Gasteiger partial charge in [-0.05, 0) is 51.2 Å². The van der Waals surface area contributed by atoms with E-state index in [2.05, 4.69) is 6.08 Å². The van der Waals surface area contributed by atoms with E-state index in [0.29, 0.717) is 24.4 Å². The summed E-state index contributed by atoms with van der Waals surface area (Å²) in [5, 5.41) is 10.4. The van der Waals surface area contributed by atoms with E-state index >= 15 is 0 Å². The fourth-order valence-corrected chi connectivity index (χ4v) is 5.21.